The first kappa shape index (κ1) is 12.6. The first-order valence-corrected chi connectivity index (χ1v) is 5.63. The predicted octanol–water partition coefficient (Wildman–Crippen LogP) is 2.69. The standard InChI is InChI=1S/C12H13F2N3O/c1-3-15-7(2)11-16-17-12(18-11)8-4-9(13)6-10(14)5-8/h4-7,15H,3H2,1-2H3. The van der Waals surface area contributed by atoms with Crippen molar-refractivity contribution in [3.8, 4) is 11.5 Å². The summed E-state index contributed by atoms with van der Waals surface area (Å²) in [6.07, 6.45) is 0. The molecule has 1 aromatic heterocycles. The molecule has 4 nitrogen and oxygen atoms in total. The van der Waals surface area contributed by atoms with Crippen molar-refractivity contribution in [3.63, 3.8) is 0 Å². The molecule has 2 aromatic rings. The van der Waals surface area contributed by atoms with E-state index in [-0.39, 0.29) is 17.5 Å². The Morgan fingerprint density at radius 3 is 2.50 bits per heavy atom. The average molecular weight is 253 g/mol. The molecule has 1 atom stereocenters. The Kier molecular flexibility index (Phi) is 3.66. The van der Waals surface area contributed by atoms with Crippen LogP contribution in [-0.4, -0.2) is 16.7 Å². The van der Waals surface area contributed by atoms with E-state index in [0.717, 1.165) is 24.7 Å². The van der Waals surface area contributed by atoms with Gasteiger partial charge < -0.3 is 9.73 Å². The van der Waals surface area contributed by atoms with Crippen molar-refractivity contribution in [2.45, 2.75) is 19.9 Å². The normalized spacial score (nSPS) is 12.7. The van der Waals surface area contributed by atoms with Crippen LogP contribution in [0.2, 0.25) is 0 Å². The summed E-state index contributed by atoms with van der Waals surface area (Å²) in [5.41, 5.74) is 0.231. The van der Waals surface area contributed by atoms with Crippen LogP contribution in [0.5, 0.6) is 0 Å². The third kappa shape index (κ3) is 2.70. The van der Waals surface area contributed by atoms with Gasteiger partial charge in [0.15, 0.2) is 0 Å². The van der Waals surface area contributed by atoms with E-state index in [1.54, 1.807) is 0 Å². The van der Waals surface area contributed by atoms with E-state index in [1.165, 1.54) is 0 Å². The Morgan fingerprint density at radius 1 is 1.22 bits per heavy atom. The lowest BCUT2D eigenvalue weighted by Crippen LogP contribution is -2.17. The van der Waals surface area contributed by atoms with Crippen molar-refractivity contribution in [1.29, 1.82) is 0 Å². The minimum Gasteiger partial charge on any atom is -0.419 e. The summed E-state index contributed by atoms with van der Waals surface area (Å²) >= 11 is 0. The highest BCUT2D eigenvalue weighted by molar-refractivity contribution is 5.52. The molecule has 0 bridgehead atoms. The van der Waals surface area contributed by atoms with E-state index < -0.39 is 11.6 Å². The second-order valence-electron chi connectivity index (χ2n) is 3.88. The van der Waals surface area contributed by atoms with E-state index in [1.807, 2.05) is 13.8 Å². The molecule has 0 fully saturated rings. The fourth-order valence-electron chi connectivity index (χ4n) is 1.60. The smallest absolute Gasteiger partial charge is 0.248 e. The topological polar surface area (TPSA) is 51.0 Å². The van der Waals surface area contributed by atoms with Crippen LogP contribution in [0.3, 0.4) is 0 Å². The molecule has 0 aliphatic heterocycles. The van der Waals surface area contributed by atoms with Gasteiger partial charge in [0.25, 0.3) is 0 Å². The Morgan fingerprint density at radius 2 is 1.89 bits per heavy atom. The van der Waals surface area contributed by atoms with Gasteiger partial charge in [0.1, 0.15) is 11.6 Å². The van der Waals surface area contributed by atoms with Gasteiger partial charge in [-0.2, -0.15) is 0 Å². The van der Waals surface area contributed by atoms with Crippen LogP contribution in [0.1, 0.15) is 25.8 Å². The monoisotopic (exact) mass is 253 g/mol. The van der Waals surface area contributed by atoms with Gasteiger partial charge in [-0.05, 0) is 25.6 Å². The van der Waals surface area contributed by atoms with E-state index >= 15 is 0 Å². The maximum absolute atomic E-state index is 13.1. The zero-order valence-electron chi connectivity index (χ0n) is 10.1. The summed E-state index contributed by atoms with van der Waals surface area (Å²) in [4.78, 5) is 0. The lowest BCUT2D eigenvalue weighted by Gasteiger charge is -2.05. The van der Waals surface area contributed by atoms with Crippen molar-refractivity contribution in [2.24, 2.45) is 0 Å². The number of halogens is 2. The molecule has 2 rings (SSSR count). The summed E-state index contributed by atoms with van der Waals surface area (Å²) in [6.45, 7) is 4.58. The predicted molar refractivity (Wildman–Crippen MR) is 61.7 cm³/mol. The van der Waals surface area contributed by atoms with Crippen LogP contribution in [0.15, 0.2) is 22.6 Å². The molecule has 0 aliphatic carbocycles. The van der Waals surface area contributed by atoms with Crippen molar-refractivity contribution in [2.75, 3.05) is 6.54 Å². The van der Waals surface area contributed by atoms with Crippen LogP contribution in [0.25, 0.3) is 11.5 Å². The van der Waals surface area contributed by atoms with Crippen LogP contribution < -0.4 is 5.32 Å². The molecule has 6 heteroatoms. The molecule has 0 spiro atoms. The number of rotatable bonds is 4. The van der Waals surface area contributed by atoms with Gasteiger partial charge in [-0.1, -0.05) is 6.92 Å². The van der Waals surface area contributed by atoms with E-state index in [2.05, 4.69) is 15.5 Å². The number of hydrogen-bond donors (Lipinski definition) is 1. The van der Waals surface area contributed by atoms with Crippen LogP contribution >= 0.6 is 0 Å². The van der Waals surface area contributed by atoms with Crippen molar-refractivity contribution >= 4 is 0 Å². The molecule has 1 unspecified atom stereocenters. The molecule has 1 N–H and O–H groups in total. The third-order valence-electron chi connectivity index (χ3n) is 2.43. The summed E-state index contributed by atoms with van der Waals surface area (Å²) in [5.74, 6) is -0.862. The number of nitrogens with zero attached hydrogens (tertiary/aromatic N) is 2. The van der Waals surface area contributed by atoms with Crippen molar-refractivity contribution < 1.29 is 13.2 Å². The van der Waals surface area contributed by atoms with E-state index in [9.17, 15) is 8.78 Å². The number of benzene rings is 1. The van der Waals surface area contributed by atoms with Crippen molar-refractivity contribution in [3.05, 3.63) is 35.7 Å². The highest BCUT2D eigenvalue weighted by atomic mass is 19.1. The Hall–Kier alpha value is -1.82. The fraction of sp³-hybridized carbons (Fsp3) is 0.333. The maximum atomic E-state index is 13.1. The molecule has 0 saturated carbocycles. The van der Waals surface area contributed by atoms with Crippen LogP contribution in [0, 0.1) is 11.6 Å². The number of hydrogen-bond acceptors (Lipinski definition) is 4. The highest BCUT2D eigenvalue weighted by Crippen LogP contribution is 2.22. The molecule has 1 aromatic carbocycles. The molecule has 0 amide bonds. The van der Waals surface area contributed by atoms with Crippen molar-refractivity contribution in [1.82, 2.24) is 15.5 Å². The number of nitrogens with one attached hydrogen (secondary N) is 1. The molecule has 96 valence electrons. The highest BCUT2D eigenvalue weighted by Gasteiger charge is 2.15. The van der Waals surface area contributed by atoms with Gasteiger partial charge in [0.2, 0.25) is 11.8 Å². The van der Waals surface area contributed by atoms with E-state index in [4.69, 9.17) is 4.42 Å². The lowest BCUT2D eigenvalue weighted by molar-refractivity contribution is 0.428. The molecule has 0 radical (unpaired) electrons. The molecule has 1 heterocycles. The Balaban J connectivity index is 2.29. The van der Waals surface area contributed by atoms with Crippen LogP contribution in [0.4, 0.5) is 8.78 Å². The SMILES string of the molecule is CCNC(C)c1nnc(-c2cc(F)cc(F)c2)o1. The number of aromatic nitrogens is 2. The van der Waals surface area contributed by atoms with Gasteiger partial charge in [0, 0.05) is 11.6 Å². The third-order valence-corrected chi connectivity index (χ3v) is 2.43. The Labute approximate surface area is 103 Å². The first-order valence-electron chi connectivity index (χ1n) is 5.63. The van der Waals surface area contributed by atoms with Crippen LogP contribution in [-0.2, 0) is 0 Å². The minimum atomic E-state index is -0.676. The summed E-state index contributed by atoms with van der Waals surface area (Å²) in [5, 5.41) is 10.7. The van der Waals surface area contributed by atoms with Gasteiger partial charge in [-0.15, -0.1) is 10.2 Å². The second kappa shape index (κ2) is 5.22. The fourth-order valence-corrected chi connectivity index (χ4v) is 1.60. The molecule has 0 aliphatic rings. The summed E-state index contributed by atoms with van der Waals surface area (Å²) in [7, 11) is 0. The molecule has 18 heavy (non-hydrogen) atoms. The Bertz CT molecular complexity index is 522. The van der Waals surface area contributed by atoms with Gasteiger partial charge in [-0.25, -0.2) is 8.78 Å². The second-order valence-corrected chi connectivity index (χ2v) is 3.88. The zero-order valence-corrected chi connectivity index (χ0v) is 10.1. The molecular weight excluding hydrogens is 240 g/mol. The largest absolute Gasteiger partial charge is 0.419 e. The minimum absolute atomic E-state index is 0.102. The van der Waals surface area contributed by atoms with Gasteiger partial charge in [-0.3, -0.25) is 0 Å². The first-order chi connectivity index (χ1) is 8.60. The molecular formula is C12H13F2N3O. The van der Waals surface area contributed by atoms with Gasteiger partial charge in [0.05, 0.1) is 6.04 Å². The summed E-state index contributed by atoms with van der Waals surface area (Å²) in [6, 6.07) is 2.99. The average Bonchev–Trinajstić information content (AvgIpc) is 2.77. The van der Waals surface area contributed by atoms with E-state index in [0.29, 0.717) is 5.89 Å². The summed E-state index contributed by atoms with van der Waals surface area (Å²) < 4.78 is 31.5. The maximum Gasteiger partial charge on any atom is 0.248 e. The quantitative estimate of drug-likeness (QED) is 0.910. The molecule has 0 saturated heterocycles. The zero-order chi connectivity index (χ0) is 13.1. The van der Waals surface area contributed by atoms with Gasteiger partial charge >= 0.3 is 0 Å². The lowest BCUT2D eigenvalue weighted by atomic mass is 10.2.